The molecular formula is C20H16BrNO6. The first kappa shape index (κ1) is 18.4. The third kappa shape index (κ3) is 2.72. The normalized spacial score (nSPS) is 15.3. The number of methoxy groups -OCH3 is 3. The zero-order chi connectivity index (χ0) is 20.0. The second-order valence-electron chi connectivity index (χ2n) is 6.18. The van der Waals surface area contributed by atoms with Crippen molar-refractivity contribution in [3.63, 3.8) is 0 Å². The SMILES string of the molecule is COc1cc([C@@H]2NC(=O)c3oc4ccc(Br)cc4c(=O)c32)cc(OC)c1OC. The third-order valence-corrected chi connectivity index (χ3v) is 5.17. The van der Waals surface area contributed by atoms with E-state index in [2.05, 4.69) is 21.2 Å². The molecule has 144 valence electrons. The van der Waals surface area contributed by atoms with Crippen LogP contribution in [-0.2, 0) is 0 Å². The van der Waals surface area contributed by atoms with Crippen LogP contribution in [0.25, 0.3) is 11.0 Å². The number of amides is 1. The monoisotopic (exact) mass is 445 g/mol. The number of hydrogen-bond acceptors (Lipinski definition) is 6. The minimum atomic E-state index is -0.698. The van der Waals surface area contributed by atoms with E-state index in [1.807, 2.05) is 0 Å². The number of rotatable bonds is 4. The number of benzene rings is 2. The molecule has 1 amide bonds. The van der Waals surface area contributed by atoms with Crippen molar-refractivity contribution in [2.24, 2.45) is 0 Å². The summed E-state index contributed by atoms with van der Waals surface area (Å²) < 4.78 is 22.6. The highest BCUT2D eigenvalue weighted by Gasteiger charge is 2.36. The average Bonchev–Trinajstić information content (AvgIpc) is 3.04. The van der Waals surface area contributed by atoms with E-state index in [4.69, 9.17) is 18.6 Å². The van der Waals surface area contributed by atoms with Gasteiger partial charge in [0.2, 0.25) is 11.5 Å². The van der Waals surface area contributed by atoms with Gasteiger partial charge in [0.25, 0.3) is 5.91 Å². The summed E-state index contributed by atoms with van der Waals surface area (Å²) >= 11 is 3.36. The highest BCUT2D eigenvalue weighted by atomic mass is 79.9. The largest absolute Gasteiger partial charge is 0.493 e. The fraction of sp³-hybridized carbons (Fsp3) is 0.200. The lowest BCUT2D eigenvalue weighted by atomic mass is 9.98. The van der Waals surface area contributed by atoms with Gasteiger partial charge in [0, 0.05) is 4.47 Å². The highest BCUT2D eigenvalue weighted by Crippen LogP contribution is 2.42. The maximum atomic E-state index is 13.2. The van der Waals surface area contributed by atoms with Gasteiger partial charge in [-0.25, -0.2) is 0 Å². The highest BCUT2D eigenvalue weighted by molar-refractivity contribution is 9.10. The fourth-order valence-electron chi connectivity index (χ4n) is 3.40. The Morgan fingerprint density at radius 2 is 1.68 bits per heavy atom. The van der Waals surface area contributed by atoms with Crippen LogP contribution in [0.2, 0.25) is 0 Å². The van der Waals surface area contributed by atoms with Crippen LogP contribution in [0.5, 0.6) is 17.2 Å². The first-order chi connectivity index (χ1) is 13.5. The molecule has 8 heteroatoms. The Hall–Kier alpha value is -3.00. The van der Waals surface area contributed by atoms with E-state index in [-0.39, 0.29) is 16.8 Å². The molecule has 0 radical (unpaired) electrons. The molecule has 4 rings (SSSR count). The zero-order valence-corrected chi connectivity index (χ0v) is 16.9. The molecule has 3 aromatic rings. The zero-order valence-electron chi connectivity index (χ0n) is 15.3. The van der Waals surface area contributed by atoms with E-state index in [1.165, 1.54) is 21.3 Å². The Balaban J connectivity index is 1.96. The van der Waals surface area contributed by atoms with Gasteiger partial charge in [-0.15, -0.1) is 0 Å². The molecule has 1 atom stereocenters. The Morgan fingerprint density at radius 1 is 1.00 bits per heavy atom. The van der Waals surface area contributed by atoms with E-state index in [9.17, 15) is 9.59 Å². The van der Waals surface area contributed by atoms with Crippen LogP contribution in [0.15, 0.2) is 44.0 Å². The summed E-state index contributed by atoms with van der Waals surface area (Å²) in [5, 5.41) is 3.20. The van der Waals surface area contributed by atoms with Crippen molar-refractivity contribution >= 4 is 32.8 Å². The van der Waals surface area contributed by atoms with Gasteiger partial charge in [-0.05, 0) is 35.9 Å². The van der Waals surface area contributed by atoms with E-state index in [1.54, 1.807) is 30.3 Å². The smallest absolute Gasteiger partial charge is 0.288 e. The molecule has 1 N–H and O–H groups in total. The molecular weight excluding hydrogens is 430 g/mol. The second-order valence-corrected chi connectivity index (χ2v) is 7.10. The molecule has 0 saturated heterocycles. The first-order valence-electron chi connectivity index (χ1n) is 8.35. The van der Waals surface area contributed by atoms with Gasteiger partial charge in [-0.1, -0.05) is 15.9 Å². The molecule has 0 saturated carbocycles. The maximum absolute atomic E-state index is 13.2. The Morgan fingerprint density at radius 3 is 2.29 bits per heavy atom. The topological polar surface area (TPSA) is 87.0 Å². The summed E-state index contributed by atoms with van der Waals surface area (Å²) in [4.78, 5) is 25.7. The van der Waals surface area contributed by atoms with Crippen LogP contribution in [-0.4, -0.2) is 27.2 Å². The van der Waals surface area contributed by atoms with E-state index in [0.29, 0.717) is 33.8 Å². The van der Waals surface area contributed by atoms with Gasteiger partial charge in [0.1, 0.15) is 5.58 Å². The molecule has 0 bridgehead atoms. The molecule has 0 spiro atoms. The van der Waals surface area contributed by atoms with E-state index in [0.717, 1.165) is 4.47 Å². The van der Waals surface area contributed by atoms with Crippen molar-refractivity contribution in [2.45, 2.75) is 6.04 Å². The lowest BCUT2D eigenvalue weighted by Crippen LogP contribution is -2.22. The summed E-state index contributed by atoms with van der Waals surface area (Å²) in [6.45, 7) is 0. The molecule has 1 aromatic heterocycles. The Kier molecular flexibility index (Phi) is 4.50. The predicted octanol–water partition coefficient (Wildman–Crippen LogP) is 3.41. The van der Waals surface area contributed by atoms with Gasteiger partial charge < -0.3 is 23.9 Å². The van der Waals surface area contributed by atoms with Crippen LogP contribution in [0.4, 0.5) is 0 Å². The second kappa shape index (κ2) is 6.87. The molecule has 0 aliphatic carbocycles. The molecule has 1 aliphatic rings. The van der Waals surface area contributed by atoms with Crippen molar-refractivity contribution in [3.8, 4) is 17.2 Å². The number of carbonyl (C=O) groups is 1. The van der Waals surface area contributed by atoms with Gasteiger partial charge in [-0.2, -0.15) is 0 Å². The van der Waals surface area contributed by atoms with Gasteiger partial charge in [-0.3, -0.25) is 9.59 Å². The quantitative estimate of drug-likeness (QED) is 0.661. The van der Waals surface area contributed by atoms with Crippen LogP contribution in [0.1, 0.15) is 27.7 Å². The Bertz CT molecular complexity index is 1140. The minimum Gasteiger partial charge on any atom is -0.493 e. The number of ether oxygens (including phenoxy) is 3. The molecule has 28 heavy (non-hydrogen) atoms. The van der Waals surface area contributed by atoms with Crippen molar-refractivity contribution in [1.82, 2.24) is 5.32 Å². The summed E-state index contributed by atoms with van der Waals surface area (Å²) in [7, 11) is 4.51. The predicted molar refractivity (Wildman–Crippen MR) is 106 cm³/mol. The molecule has 1 aliphatic heterocycles. The average molecular weight is 446 g/mol. The number of halogens is 1. The standard InChI is InChI=1S/C20H16BrNO6/c1-25-13-6-9(7-14(26-2)18(13)27-3)16-15-17(23)11-8-10(21)4-5-12(11)28-19(15)20(24)22-16/h4-8,16H,1-3H3,(H,22,24)/t16-/m0/s1. The number of nitrogens with one attached hydrogen (secondary N) is 1. The van der Waals surface area contributed by atoms with Crippen LogP contribution in [0, 0.1) is 0 Å². The van der Waals surface area contributed by atoms with Crippen molar-refractivity contribution in [2.75, 3.05) is 21.3 Å². The lowest BCUT2D eigenvalue weighted by molar-refractivity contribution is 0.0937. The lowest BCUT2D eigenvalue weighted by Gasteiger charge is -2.17. The third-order valence-electron chi connectivity index (χ3n) is 4.68. The summed E-state index contributed by atoms with van der Waals surface area (Å²) in [6.07, 6.45) is 0. The van der Waals surface area contributed by atoms with Crippen LogP contribution < -0.4 is 25.0 Å². The number of carbonyl (C=O) groups excluding carboxylic acids is 1. The van der Waals surface area contributed by atoms with Crippen LogP contribution in [0.3, 0.4) is 0 Å². The fourth-order valence-corrected chi connectivity index (χ4v) is 3.76. The Labute approximate surface area is 168 Å². The minimum absolute atomic E-state index is 0.0126. The van der Waals surface area contributed by atoms with Crippen LogP contribution >= 0.6 is 15.9 Å². The molecule has 2 aromatic carbocycles. The van der Waals surface area contributed by atoms with E-state index < -0.39 is 11.9 Å². The number of fused-ring (bicyclic) bond motifs is 2. The molecule has 2 heterocycles. The van der Waals surface area contributed by atoms with Gasteiger partial charge >= 0.3 is 0 Å². The van der Waals surface area contributed by atoms with Crippen molar-refractivity contribution in [3.05, 3.63) is 61.9 Å². The van der Waals surface area contributed by atoms with Gasteiger partial charge in [0.05, 0.1) is 38.3 Å². The van der Waals surface area contributed by atoms with E-state index >= 15 is 0 Å². The van der Waals surface area contributed by atoms with Crippen molar-refractivity contribution < 1.29 is 23.4 Å². The molecule has 7 nitrogen and oxygen atoms in total. The van der Waals surface area contributed by atoms with Gasteiger partial charge in [0.15, 0.2) is 16.9 Å². The van der Waals surface area contributed by atoms with Crippen molar-refractivity contribution in [1.29, 1.82) is 0 Å². The number of hydrogen-bond donors (Lipinski definition) is 1. The summed E-state index contributed by atoms with van der Waals surface area (Å²) in [6, 6.07) is 7.78. The maximum Gasteiger partial charge on any atom is 0.288 e. The summed E-state index contributed by atoms with van der Waals surface area (Å²) in [5.74, 6) is 0.835. The molecule has 0 fully saturated rings. The molecule has 0 unspecified atom stereocenters. The first-order valence-corrected chi connectivity index (χ1v) is 9.14. The summed E-state index contributed by atoms with van der Waals surface area (Å²) in [5.41, 5.74) is 0.954.